The molecule has 0 N–H and O–H groups in total. The Balaban J connectivity index is 1.58. The summed E-state index contributed by atoms with van der Waals surface area (Å²) >= 11 is 0. The number of rotatable bonds is 7. The SMILES string of the molecule is Cc1c(C/C=C/C2CC2)ccc(OCCC2CC2)c1F. The molecule has 0 aromatic heterocycles. The normalized spacial score (nSPS) is 18.7. The van der Waals surface area contributed by atoms with Gasteiger partial charge in [0.05, 0.1) is 6.61 Å². The Hall–Kier alpha value is -1.31. The zero-order chi connectivity index (χ0) is 13.9. The Morgan fingerprint density at radius 3 is 2.75 bits per heavy atom. The minimum absolute atomic E-state index is 0.182. The van der Waals surface area contributed by atoms with Crippen LogP contribution < -0.4 is 4.74 Å². The lowest BCUT2D eigenvalue weighted by molar-refractivity contribution is 0.287. The summed E-state index contributed by atoms with van der Waals surface area (Å²) in [5.74, 6) is 1.84. The van der Waals surface area contributed by atoms with Crippen LogP contribution in [0.15, 0.2) is 24.3 Å². The number of allylic oxidation sites excluding steroid dienone is 2. The first-order valence-electron chi connectivity index (χ1n) is 7.81. The van der Waals surface area contributed by atoms with E-state index in [1.165, 1.54) is 25.7 Å². The van der Waals surface area contributed by atoms with Crippen molar-refractivity contribution in [2.45, 2.75) is 45.4 Å². The van der Waals surface area contributed by atoms with Crippen molar-refractivity contribution in [2.24, 2.45) is 11.8 Å². The molecule has 0 saturated heterocycles. The number of hydrogen-bond donors (Lipinski definition) is 0. The first kappa shape index (κ1) is 13.7. The van der Waals surface area contributed by atoms with E-state index in [9.17, 15) is 4.39 Å². The Morgan fingerprint density at radius 1 is 1.25 bits per heavy atom. The Bertz CT molecular complexity index is 498. The van der Waals surface area contributed by atoms with Gasteiger partial charge >= 0.3 is 0 Å². The third-order valence-corrected chi connectivity index (χ3v) is 4.31. The molecular formula is C18H23FO. The minimum Gasteiger partial charge on any atom is -0.490 e. The van der Waals surface area contributed by atoms with Crippen LogP contribution in [0.3, 0.4) is 0 Å². The number of benzene rings is 1. The molecule has 2 heteroatoms. The lowest BCUT2D eigenvalue weighted by Crippen LogP contribution is -2.02. The van der Waals surface area contributed by atoms with E-state index in [4.69, 9.17) is 4.74 Å². The van der Waals surface area contributed by atoms with Gasteiger partial charge in [0.25, 0.3) is 0 Å². The standard InChI is InChI=1S/C18H23FO/c1-13-16(4-2-3-14-5-6-14)9-10-17(18(13)19)20-12-11-15-7-8-15/h2-3,9-10,14-15H,4-8,11-12H2,1H3/b3-2+. The smallest absolute Gasteiger partial charge is 0.168 e. The summed E-state index contributed by atoms with van der Waals surface area (Å²) in [5.41, 5.74) is 1.79. The van der Waals surface area contributed by atoms with Crippen LogP contribution in [0.1, 0.15) is 43.2 Å². The van der Waals surface area contributed by atoms with Crippen LogP contribution in [-0.2, 0) is 6.42 Å². The first-order valence-corrected chi connectivity index (χ1v) is 7.81. The summed E-state index contributed by atoms with van der Waals surface area (Å²) in [5, 5.41) is 0. The Labute approximate surface area is 120 Å². The van der Waals surface area contributed by atoms with Gasteiger partial charge in [0, 0.05) is 0 Å². The highest BCUT2D eigenvalue weighted by Crippen LogP contribution is 2.33. The van der Waals surface area contributed by atoms with Gasteiger partial charge in [0.2, 0.25) is 0 Å². The summed E-state index contributed by atoms with van der Waals surface area (Å²) in [6.07, 6.45) is 11.6. The molecule has 0 bridgehead atoms. The second kappa shape index (κ2) is 5.99. The van der Waals surface area contributed by atoms with Crippen molar-refractivity contribution in [3.63, 3.8) is 0 Å². The maximum Gasteiger partial charge on any atom is 0.168 e. The van der Waals surface area contributed by atoms with Gasteiger partial charge < -0.3 is 4.74 Å². The highest BCUT2D eigenvalue weighted by molar-refractivity contribution is 5.38. The van der Waals surface area contributed by atoms with Crippen LogP contribution >= 0.6 is 0 Å². The second-order valence-electron chi connectivity index (χ2n) is 6.21. The van der Waals surface area contributed by atoms with Crippen molar-refractivity contribution < 1.29 is 9.13 Å². The van der Waals surface area contributed by atoms with Gasteiger partial charge in [-0.2, -0.15) is 0 Å². The quantitative estimate of drug-likeness (QED) is 0.648. The first-order chi connectivity index (χ1) is 9.74. The lowest BCUT2D eigenvalue weighted by Gasteiger charge is -2.11. The maximum atomic E-state index is 14.3. The van der Waals surface area contributed by atoms with Crippen LogP contribution in [-0.4, -0.2) is 6.61 Å². The minimum atomic E-state index is -0.182. The summed E-state index contributed by atoms with van der Waals surface area (Å²) in [6.45, 7) is 2.49. The molecule has 3 rings (SSSR count). The predicted octanol–water partition coefficient (Wildman–Crippen LogP) is 4.82. The molecule has 0 aliphatic heterocycles. The number of hydrogen-bond acceptors (Lipinski definition) is 1. The van der Waals surface area contributed by atoms with Gasteiger partial charge in [0.1, 0.15) is 0 Å². The van der Waals surface area contributed by atoms with Gasteiger partial charge in [0.15, 0.2) is 11.6 Å². The van der Waals surface area contributed by atoms with Crippen LogP contribution in [0.4, 0.5) is 4.39 Å². The molecule has 2 aliphatic carbocycles. The zero-order valence-electron chi connectivity index (χ0n) is 12.2. The second-order valence-corrected chi connectivity index (χ2v) is 6.21. The molecule has 1 nitrogen and oxygen atoms in total. The molecule has 108 valence electrons. The van der Waals surface area contributed by atoms with E-state index in [0.717, 1.165) is 35.8 Å². The van der Waals surface area contributed by atoms with Crippen molar-refractivity contribution in [1.29, 1.82) is 0 Å². The number of ether oxygens (including phenoxy) is 1. The molecule has 1 aromatic carbocycles. The van der Waals surface area contributed by atoms with E-state index < -0.39 is 0 Å². The third-order valence-electron chi connectivity index (χ3n) is 4.31. The van der Waals surface area contributed by atoms with Crippen LogP contribution in [0.25, 0.3) is 0 Å². The van der Waals surface area contributed by atoms with E-state index in [2.05, 4.69) is 12.2 Å². The molecule has 0 amide bonds. The fraction of sp³-hybridized carbons (Fsp3) is 0.556. The highest BCUT2D eigenvalue weighted by atomic mass is 19.1. The van der Waals surface area contributed by atoms with Gasteiger partial charge in [-0.05, 0) is 61.6 Å². The highest BCUT2D eigenvalue weighted by Gasteiger charge is 2.21. The van der Waals surface area contributed by atoms with Crippen molar-refractivity contribution >= 4 is 0 Å². The van der Waals surface area contributed by atoms with Gasteiger partial charge in [-0.1, -0.05) is 31.1 Å². The van der Waals surface area contributed by atoms with Gasteiger partial charge in [-0.3, -0.25) is 0 Å². The van der Waals surface area contributed by atoms with Crippen molar-refractivity contribution in [3.05, 3.63) is 41.2 Å². The molecule has 0 atom stereocenters. The molecular weight excluding hydrogens is 251 g/mol. The maximum absolute atomic E-state index is 14.3. The molecule has 2 saturated carbocycles. The number of halogens is 1. The summed E-state index contributed by atoms with van der Waals surface area (Å²) in [4.78, 5) is 0. The van der Waals surface area contributed by atoms with Gasteiger partial charge in [-0.15, -0.1) is 0 Å². The van der Waals surface area contributed by atoms with E-state index in [0.29, 0.717) is 12.4 Å². The molecule has 1 aromatic rings. The molecule has 2 aliphatic rings. The summed E-state index contributed by atoms with van der Waals surface area (Å²) < 4.78 is 19.8. The van der Waals surface area contributed by atoms with E-state index in [1.54, 1.807) is 6.07 Å². The van der Waals surface area contributed by atoms with Crippen molar-refractivity contribution in [2.75, 3.05) is 6.61 Å². The third kappa shape index (κ3) is 3.62. The van der Waals surface area contributed by atoms with Crippen LogP contribution in [0, 0.1) is 24.6 Å². The molecule has 0 unspecified atom stereocenters. The average molecular weight is 274 g/mol. The fourth-order valence-corrected chi connectivity index (χ4v) is 2.45. The summed E-state index contributed by atoms with van der Waals surface area (Å²) in [6, 6.07) is 3.79. The van der Waals surface area contributed by atoms with E-state index in [1.807, 2.05) is 13.0 Å². The summed E-state index contributed by atoms with van der Waals surface area (Å²) in [7, 11) is 0. The van der Waals surface area contributed by atoms with Crippen molar-refractivity contribution in [1.82, 2.24) is 0 Å². The molecule has 2 fully saturated rings. The van der Waals surface area contributed by atoms with E-state index in [-0.39, 0.29) is 5.82 Å². The molecule has 0 heterocycles. The molecule has 0 radical (unpaired) electrons. The van der Waals surface area contributed by atoms with E-state index >= 15 is 0 Å². The zero-order valence-corrected chi connectivity index (χ0v) is 12.2. The Morgan fingerprint density at radius 2 is 2.05 bits per heavy atom. The van der Waals surface area contributed by atoms with Crippen molar-refractivity contribution in [3.8, 4) is 5.75 Å². The van der Waals surface area contributed by atoms with Crippen LogP contribution in [0.2, 0.25) is 0 Å². The molecule has 20 heavy (non-hydrogen) atoms. The topological polar surface area (TPSA) is 9.23 Å². The largest absolute Gasteiger partial charge is 0.490 e. The lowest BCUT2D eigenvalue weighted by atomic mass is 10.0. The Kier molecular flexibility index (Phi) is 4.09. The van der Waals surface area contributed by atoms with Gasteiger partial charge in [-0.25, -0.2) is 4.39 Å². The van der Waals surface area contributed by atoms with Crippen LogP contribution in [0.5, 0.6) is 5.75 Å². The predicted molar refractivity (Wildman–Crippen MR) is 79.5 cm³/mol. The molecule has 0 spiro atoms. The fourth-order valence-electron chi connectivity index (χ4n) is 2.45. The monoisotopic (exact) mass is 274 g/mol. The average Bonchev–Trinajstić information content (AvgIpc) is 3.31.